The zero-order valence-corrected chi connectivity index (χ0v) is 41.8. The molecular weight excluding hydrogens is 781 g/mol. The molecule has 0 N–H and O–H groups in total. The average molecular weight is 883 g/mol. The van der Waals surface area contributed by atoms with Gasteiger partial charge < -0.3 is 14.2 Å². The maximum absolute atomic E-state index is 12.8. The normalized spacial score (nSPS) is 12.4. The minimum atomic E-state index is -0.785. The van der Waals surface area contributed by atoms with Crippen LogP contribution in [0.3, 0.4) is 0 Å². The second-order valence-electron chi connectivity index (χ2n) is 18.1. The highest BCUT2D eigenvalue weighted by Crippen LogP contribution is 2.16. The standard InChI is InChI=1S/C57H102O6/c1-4-7-10-13-16-19-22-24-26-27-28-29-31-33-36-38-41-44-47-50-56(59)62-53-54(63-57(60)51-48-45-42-39-34-21-18-15-12-9-6-3)52-61-55(58)49-46-43-40-37-35-32-30-25-23-20-17-14-11-8-5-2/h8,11,17,20,25,30,35,37,54H,4-7,9-10,12-16,18-19,21-24,26-29,31-34,36,38-53H2,1-3H3/b11-8-,20-17-,30-25-,37-35-/t54-/m1/s1. The molecule has 0 radical (unpaired) electrons. The van der Waals surface area contributed by atoms with Gasteiger partial charge in [0.25, 0.3) is 0 Å². The van der Waals surface area contributed by atoms with Crippen molar-refractivity contribution < 1.29 is 28.6 Å². The molecule has 0 rings (SSSR count). The number of unbranched alkanes of at least 4 members (excludes halogenated alkanes) is 30. The van der Waals surface area contributed by atoms with Gasteiger partial charge in [-0.25, -0.2) is 0 Å². The summed E-state index contributed by atoms with van der Waals surface area (Å²) >= 11 is 0. The van der Waals surface area contributed by atoms with Crippen LogP contribution in [0.5, 0.6) is 0 Å². The molecule has 0 aromatic heterocycles. The van der Waals surface area contributed by atoms with Crippen LogP contribution in [0.2, 0.25) is 0 Å². The van der Waals surface area contributed by atoms with E-state index in [4.69, 9.17) is 14.2 Å². The molecule has 0 fully saturated rings. The van der Waals surface area contributed by atoms with Crippen molar-refractivity contribution in [2.45, 2.75) is 284 Å². The zero-order chi connectivity index (χ0) is 45.8. The van der Waals surface area contributed by atoms with Crippen LogP contribution in [-0.2, 0) is 28.6 Å². The van der Waals surface area contributed by atoms with E-state index in [1.165, 1.54) is 154 Å². The lowest BCUT2D eigenvalue weighted by atomic mass is 10.0. The quantitative estimate of drug-likeness (QED) is 0.0262. The summed E-state index contributed by atoms with van der Waals surface area (Å²) in [5.74, 6) is -0.915. The molecule has 0 aliphatic carbocycles. The molecule has 0 aliphatic rings. The van der Waals surface area contributed by atoms with Crippen molar-refractivity contribution in [1.29, 1.82) is 0 Å². The van der Waals surface area contributed by atoms with Gasteiger partial charge in [-0.2, -0.15) is 0 Å². The van der Waals surface area contributed by atoms with Crippen molar-refractivity contribution in [2.24, 2.45) is 0 Å². The summed E-state index contributed by atoms with van der Waals surface area (Å²) in [6.45, 7) is 6.51. The van der Waals surface area contributed by atoms with E-state index in [1.807, 2.05) is 0 Å². The monoisotopic (exact) mass is 883 g/mol. The van der Waals surface area contributed by atoms with Crippen LogP contribution in [0, 0.1) is 0 Å². The SMILES string of the molecule is CC/C=C\C/C=C\C/C=C\C/C=C\CCCCC(=O)OC[C@H](COC(=O)CCCCCCCCCCCCCCCCCCCCC)OC(=O)CCCCCCCCCCCCC. The lowest BCUT2D eigenvalue weighted by Gasteiger charge is -2.18. The summed E-state index contributed by atoms with van der Waals surface area (Å²) in [6.07, 6.45) is 62.5. The number of hydrogen-bond donors (Lipinski definition) is 0. The maximum Gasteiger partial charge on any atom is 0.306 e. The molecule has 0 saturated heterocycles. The van der Waals surface area contributed by atoms with E-state index < -0.39 is 6.10 Å². The molecule has 0 amide bonds. The number of rotatable bonds is 49. The van der Waals surface area contributed by atoms with Gasteiger partial charge >= 0.3 is 17.9 Å². The highest BCUT2D eigenvalue weighted by atomic mass is 16.6. The maximum atomic E-state index is 12.8. The van der Waals surface area contributed by atoms with E-state index in [-0.39, 0.29) is 31.1 Å². The lowest BCUT2D eigenvalue weighted by Crippen LogP contribution is -2.30. The fraction of sp³-hybridized carbons (Fsp3) is 0.807. The Hall–Kier alpha value is -2.63. The van der Waals surface area contributed by atoms with Crippen LogP contribution in [0.4, 0.5) is 0 Å². The van der Waals surface area contributed by atoms with Crippen LogP contribution < -0.4 is 0 Å². The molecule has 0 aliphatic heterocycles. The summed E-state index contributed by atoms with van der Waals surface area (Å²) in [4.78, 5) is 38.0. The van der Waals surface area contributed by atoms with Gasteiger partial charge in [0.2, 0.25) is 0 Å². The fourth-order valence-corrected chi connectivity index (χ4v) is 7.79. The molecule has 0 unspecified atom stereocenters. The van der Waals surface area contributed by atoms with E-state index in [9.17, 15) is 14.4 Å². The first-order valence-corrected chi connectivity index (χ1v) is 27.1. The molecule has 0 heterocycles. The largest absolute Gasteiger partial charge is 0.462 e. The van der Waals surface area contributed by atoms with Gasteiger partial charge in [-0.3, -0.25) is 14.4 Å². The van der Waals surface area contributed by atoms with Crippen molar-refractivity contribution in [3.05, 3.63) is 48.6 Å². The van der Waals surface area contributed by atoms with E-state index in [0.717, 1.165) is 83.5 Å². The fourth-order valence-electron chi connectivity index (χ4n) is 7.79. The number of carbonyl (C=O) groups is 3. The summed E-state index contributed by atoms with van der Waals surface area (Å²) in [5.41, 5.74) is 0. The first-order chi connectivity index (χ1) is 31.0. The van der Waals surface area contributed by atoms with Crippen molar-refractivity contribution in [1.82, 2.24) is 0 Å². The van der Waals surface area contributed by atoms with Crippen LogP contribution in [-0.4, -0.2) is 37.2 Å². The number of allylic oxidation sites excluding steroid dienone is 8. The van der Waals surface area contributed by atoms with Gasteiger partial charge in [0.15, 0.2) is 6.10 Å². The third-order valence-corrected chi connectivity index (χ3v) is 11.8. The van der Waals surface area contributed by atoms with E-state index in [0.29, 0.717) is 19.3 Å². The van der Waals surface area contributed by atoms with E-state index in [2.05, 4.69) is 69.4 Å². The van der Waals surface area contributed by atoms with Gasteiger partial charge in [0, 0.05) is 19.3 Å². The Morgan fingerprint density at radius 2 is 0.619 bits per heavy atom. The lowest BCUT2D eigenvalue weighted by molar-refractivity contribution is -0.167. The zero-order valence-electron chi connectivity index (χ0n) is 41.8. The molecule has 6 nitrogen and oxygen atoms in total. The van der Waals surface area contributed by atoms with Gasteiger partial charge in [-0.1, -0.05) is 249 Å². The van der Waals surface area contributed by atoms with Crippen LogP contribution in [0.1, 0.15) is 278 Å². The minimum absolute atomic E-state index is 0.0823. The molecule has 0 aromatic rings. The van der Waals surface area contributed by atoms with Gasteiger partial charge in [-0.15, -0.1) is 0 Å². The number of carbonyl (C=O) groups excluding carboxylic acids is 3. The van der Waals surface area contributed by atoms with Gasteiger partial charge in [0.05, 0.1) is 0 Å². The van der Waals surface area contributed by atoms with E-state index in [1.54, 1.807) is 0 Å². The summed E-state index contributed by atoms with van der Waals surface area (Å²) in [7, 11) is 0. The smallest absolute Gasteiger partial charge is 0.306 e. The molecule has 1 atom stereocenters. The second kappa shape index (κ2) is 52.0. The molecule has 0 saturated carbocycles. The highest BCUT2D eigenvalue weighted by molar-refractivity contribution is 5.71. The molecular formula is C57H102O6. The Morgan fingerprint density at radius 3 is 0.968 bits per heavy atom. The molecule has 0 spiro atoms. The summed E-state index contributed by atoms with van der Waals surface area (Å²) in [5, 5.41) is 0. The third-order valence-electron chi connectivity index (χ3n) is 11.8. The first-order valence-electron chi connectivity index (χ1n) is 27.1. The molecule has 0 aromatic carbocycles. The topological polar surface area (TPSA) is 78.9 Å². The molecule has 366 valence electrons. The van der Waals surface area contributed by atoms with Crippen molar-refractivity contribution in [3.8, 4) is 0 Å². The Kier molecular flexibility index (Phi) is 49.8. The van der Waals surface area contributed by atoms with Gasteiger partial charge in [0.1, 0.15) is 13.2 Å². The molecule has 0 bridgehead atoms. The Labute approximate surface area is 390 Å². The van der Waals surface area contributed by atoms with Crippen LogP contribution in [0.15, 0.2) is 48.6 Å². The van der Waals surface area contributed by atoms with Crippen molar-refractivity contribution in [3.63, 3.8) is 0 Å². The van der Waals surface area contributed by atoms with Crippen molar-refractivity contribution >= 4 is 17.9 Å². The van der Waals surface area contributed by atoms with Crippen LogP contribution in [0.25, 0.3) is 0 Å². The number of hydrogen-bond acceptors (Lipinski definition) is 6. The third kappa shape index (κ3) is 50.2. The minimum Gasteiger partial charge on any atom is -0.462 e. The van der Waals surface area contributed by atoms with E-state index >= 15 is 0 Å². The highest BCUT2D eigenvalue weighted by Gasteiger charge is 2.19. The number of esters is 3. The predicted octanol–water partition coefficient (Wildman–Crippen LogP) is 17.9. The van der Waals surface area contributed by atoms with Crippen molar-refractivity contribution in [2.75, 3.05) is 13.2 Å². The first kappa shape index (κ1) is 60.4. The summed E-state index contributed by atoms with van der Waals surface area (Å²) < 4.78 is 16.8. The van der Waals surface area contributed by atoms with Crippen LogP contribution >= 0.6 is 0 Å². The Balaban J connectivity index is 4.33. The molecule has 63 heavy (non-hydrogen) atoms. The Bertz CT molecular complexity index is 1110. The summed E-state index contributed by atoms with van der Waals surface area (Å²) in [6, 6.07) is 0. The van der Waals surface area contributed by atoms with Gasteiger partial charge in [-0.05, 0) is 57.8 Å². The predicted molar refractivity (Wildman–Crippen MR) is 270 cm³/mol. The number of ether oxygens (including phenoxy) is 3. The molecule has 6 heteroatoms. The second-order valence-corrected chi connectivity index (χ2v) is 18.1. The Morgan fingerprint density at radius 1 is 0.333 bits per heavy atom. The average Bonchev–Trinajstić information content (AvgIpc) is 3.28.